The second-order valence-corrected chi connectivity index (χ2v) is 5.44. The van der Waals surface area contributed by atoms with Crippen molar-refractivity contribution in [3.63, 3.8) is 0 Å². The molecule has 0 aliphatic heterocycles. The lowest BCUT2D eigenvalue weighted by Gasteiger charge is -2.19. The molecule has 1 aromatic carbocycles. The zero-order valence-corrected chi connectivity index (χ0v) is 14.3. The molecule has 0 heterocycles. The van der Waals surface area contributed by atoms with E-state index in [2.05, 4.69) is 71.0 Å². The van der Waals surface area contributed by atoms with Crippen LogP contribution < -0.4 is 4.74 Å². The molecule has 0 radical (unpaired) electrons. The van der Waals surface area contributed by atoms with Crippen LogP contribution in [-0.2, 0) is 6.42 Å². The highest BCUT2D eigenvalue weighted by atomic mass is 16.5. The minimum Gasteiger partial charge on any atom is -0.490 e. The summed E-state index contributed by atoms with van der Waals surface area (Å²) in [6.07, 6.45) is 4.80. The fraction of sp³-hybridized carbons (Fsp3) is 0.667. The van der Waals surface area contributed by atoms with Crippen LogP contribution in [0.3, 0.4) is 0 Å². The zero-order valence-electron chi connectivity index (χ0n) is 14.3. The molecule has 1 atom stereocenters. The molecular weight excluding hydrogens is 246 g/mol. The quantitative estimate of drug-likeness (QED) is 0.712. The Hall–Kier alpha value is -1.02. The van der Waals surface area contributed by atoms with Crippen LogP contribution in [-0.4, -0.2) is 31.6 Å². The molecule has 20 heavy (non-hydrogen) atoms. The molecule has 0 saturated heterocycles. The third kappa shape index (κ3) is 8.98. The maximum absolute atomic E-state index is 5.99. The van der Waals surface area contributed by atoms with Gasteiger partial charge in [0.25, 0.3) is 0 Å². The van der Waals surface area contributed by atoms with E-state index in [0.29, 0.717) is 6.10 Å². The fourth-order valence-corrected chi connectivity index (χ4v) is 1.74. The number of hydrogen-bond acceptors (Lipinski definition) is 2. The van der Waals surface area contributed by atoms with Gasteiger partial charge in [-0.15, -0.1) is 0 Å². The second kappa shape index (κ2) is 11.8. The van der Waals surface area contributed by atoms with Crippen LogP contribution in [0.1, 0.15) is 52.5 Å². The van der Waals surface area contributed by atoms with E-state index in [1.807, 2.05) is 0 Å². The van der Waals surface area contributed by atoms with Crippen LogP contribution in [0.2, 0.25) is 0 Å². The zero-order chi connectivity index (χ0) is 15.4. The Balaban J connectivity index is 0.00000110. The van der Waals surface area contributed by atoms with Gasteiger partial charge in [0.1, 0.15) is 5.75 Å². The van der Waals surface area contributed by atoms with Gasteiger partial charge in [-0.2, -0.15) is 0 Å². The molecule has 0 spiro atoms. The number of hydrogen-bond donors (Lipinski definition) is 0. The van der Waals surface area contributed by atoms with Gasteiger partial charge < -0.3 is 9.64 Å². The number of ether oxygens (including phenoxy) is 1. The molecule has 0 amide bonds. The highest BCUT2D eigenvalue weighted by Gasteiger charge is 2.08. The first-order valence-electron chi connectivity index (χ1n) is 7.97. The SMILES string of the molecule is CCC.CCc1ccc(OC(CC)CCN(C)C)cc1. The van der Waals surface area contributed by atoms with Crippen molar-refractivity contribution in [2.75, 3.05) is 20.6 Å². The molecule has 1 unspecified atom stereocenters. The number of aryl methyl sites for hydroxylation is 1. The lowest BCUT2D eigenvalue weighted by Crippen LogP contribution is -2.23. The van der Waals surface area contributed by atoms with Crippen LogP contribution in [0.15, 0.2) is 24.3 Å². The highest BCUT2D eigenvalue weighted by Crippen LogP contribution is 2.16. The minimum absolute atomic E-state index is 0.324. The maximum Gasteiger partial charge on any atom is 0.119 e. The van der Waals surface area contributed by atoms with E-state index < -0.39 is 0 Å². The van der Waals surface area contributed by atoms with Gasteiger partial charge in [0.15, 0.2) is 0 Å². The van der Waals surface area contributed by atoms with Gasteiger partial charge in [0.2, 0.25) is 0 Å². The van der Waals surface area contributed by atoms with Crippen molar-refractivity contribution in [3.05, 3.63) is 29.8 Å². The summed E-state index contributed by atoms with van der Waals surface area (Å²) in [5.41, 5.74) is 1.36. The third-order valence-electron chi connectivity index (χ3n) is 2.99. The Labute approximate surface area is 126 Å². The molecule has 0 aromatic heterocycles. The molecule has 1 rings (SSSR count). The Morgan fingerprint density at radius 1 is 1.00 bits per heavy atom. The number of nitrogens with zero attached hydrogens (tertiary/aromatic N) is 1. The lowest BCUT2D eigenvalue weighted by atomic mass is 10.1. The summed E-state index contributed by atoms with van der Waals surface area (Å²) in [5, 5.41) is 0. The van der Waals surface area contributed by atoms with Crippen LogP contribution in [0, 0.1) is 0 Å². The van der Waals surface area contributed by atoms with Crippen molar-refractivity contribution in [3.8, 4) is 5.75 Å². The van der Waals surface area contributed by atoms with E-state index in [1.54, 1.807) is 0 Å². The number of rotatable bonds is 7. The molecule has 2 heteroatoms. The first kappa shape index (κ1) is 19.0. The summed E-state index contributed by atoms with van der Waals surface area (Å²) in [7, 11) is 4.20. The Morgan fingerprint density at radius 2 is 1.55 bits per heavy atom. The molecule has 116 valence electrons. The summed E-state index contributed by atoms with van der Waals surface area (Å²) in [4.78, 5) is 2.20. The standard InChI is InChI=1S/C15H25NO.C3H8/c1-5-13-7-9-15(10-8-13)17-14(6-2)11-12-16(3)4;1-3-2/h7-10,14H,5-6,11-12H2,1-4H3;3H2,1-2H3. The molecule has 0 aliphatic carbocycles. The predicted molar refractivity (Wildman–Crippen MR) is 89.7 cm³/mol. The molecule has 0 bridgehead atoms. The average molecular weight is 279 g/mol. The molecule has 0 saturated carbocycles. The third-order valence-corrected chi connectivity index (χ3v) is 2.99. The normalized spacial score (nSPS) is 11.8. The van der Waals surface area contributed by atoms with Crippen LogP contribution in [0.5, 0.6) is 5.75 Å². The van der Waals surface area contributed by atoms with Crippen LogP contribution in [0.4, 0.5) is 0 Å². The molecule has 0 N–H and O–H groups in total. The average Bonchev–Trinajstić information content (AvgIpc) is 2.44. The monoisotopic (exact) mass is 279 g/mol. The van der Waals surface area contributed by atoms with E-state index in [-0.39, 0.29) is 0 Å². The Morgan fingerprint density at radius 3 is 1.95 bits per heavy atom. The molecule has 0 fully saturated rings. The second-order valence-electron chi connectivity index (χ2n) is 5.44. The largest absolute Gasteiger partial charge is 0.490 e. The van der Waals surface area contributed by atoms with Crippen molar-refractivity contribution in [2.24, 2.45) is 0 Å². The summed E-state index contributed by atoms with van der Waals surface area (Å²) in [6, 6.07) is 8.45. The molecule has 1 aromatic rings. The van der Waals surface area contributed by atoms with E-state index >= 15 is 0 Å². The fourth-order valence-electron chi connectivity index (χ4n) is 1.74. The van der Waals surface area contributed by atoms with Crippen molar-refractivity contribution in [1.82, 2.24) is 4.90 Å². The van der Waals surface area contributed by atoms with Crippen LogP contribution >= 0.6 is 0 Å². The predicted octanol–water partition coefficient (Wildman–Crippen LogP) is 4.77. The Bertz CT molecular complexity index is 319. The number of benzene rings is 1. The minimum atomic E-state index is 0.324. The van der Waals surface area contributed by atoms with Gasteiger partial charge in [-0.3, -0.25) is 0 Å². The van der Waals surface area contributed by atoms with Gasteiger partial charge >= 0.3 is 0 Å². The van der Waals surface area contributed by atoms with E-state index in [9.17, 15) is 0 Å². The van der Waals surface area contributed by atoms with Gasteiger partial charge in [-0.05, 0) is 51.1 Å². The highest BCUT2D eigenvalue weighted by molar-refractivity contribution is 5.27. The van der Waals surface area contributed by atoms with E-state index in [4.69, 9.17) is 4.74 Å². The first-order valence-corrected chi connectivity index (χ1v) is 7.97. The summed E-state index contributed by atoms with van der Waals surface area (Å²) < 4.78 is 5.99. The molecule has 0 aliphatic rings. The van der Waals surface area contributed by atoms with Crippen molar-refractivity contribution < 1.29 is 4.74 Å². The van der Waals surface area contributed by atoms with Gasteiger partial charge in [-0.1, -0.05) is 46.2 Å². The van der Waals surface area contributed by atoms with Crippen molar-refractivity contribution in [2.45, 2.75) is 59.5 Å². The summed E-state index contributed by atoms with van der Waals surface area (Å²) in [6.45, 7) is 9.67. The Kier molecular flexibility index (Phi) is 11.2. The van der Waals surface area contributed by atoms with E-state index in [0.717, 1.165) is 31.6 Å². The van der Waals surface area contributed by atoms with Crippen LogP contribution in [0.25, 0.3) is 0 Å². The maximum atomic E-state index is 5.99. The molecular formula is C18H33NO. The smallest absolute Gasteiger partial charge is 0.119 e. The van der Waals surface area contributed by atoms with Gasteiger partial charge in [0, 0.05) is 6.54 Å². The summed E-state index contributed by atoms with van der Waals surface area (Å²) >= 11 is 0. The van der Waals surface area contributed by atoms with Crippen molar-refractivity contribution in [1.29, 1.82) is 0 Å². The topological polar surface area (TPSA) is 12.5 Å². The summed E-state index contributed by atoms with van der Waals surface area (Å²) in [5.74, 6) is 0.993. The molecule has 2 nitrogen and oxygen atoms in total. The lowest BCUT2D eigenvalue weighted by molar-refractivity contribution is 0.172. The van der Waals surface area contributed by atoms with E-state index in [1.165, 1.54) is 12.0 Å². The first-order chi connectivity index (χ1) is 9.57. The van der Waals surface area contributed by atoms with Crippen molar-refractivity contribution >= 4 is 0 Å². The van der Waals surface area contributed by atoms with Gasteiger partial charge in [0.05, 0.1) is 6.10 Å². The van der Waals surface area contributed by atoms with Gasteiger partial charge in [-0.25, -0.2) is 0 Å².